The predicted molar refractivity (Wildman–Crippen MR) is 79.4 cm³/mol. The monoisotopic (exact) mass is 294 g/mol. The molecule has 1 fully saturated rings. The van der Waals surface area contributed by atoms with Crippen LogP contribution >= 0.6 is 0 Å². The minimum atomic E-state index is -0.430. The maximum absolute atomic E-state index is 10.7. The van der Waals surface area contributed by atoms with Gasteiger partial charge in [0.05, 0.1) is 17.6 Å². The number of hydrogen-bond donors (Lipinski definition) is 1. The number of non-ortho nitro benzene ring substituents is 1. The van der Waals surface area contributed by atoms with Crippen LogP contribution in [0.2, 0.25) is 0 Å². The zero-order chi connectivity index (χ0) is 15.2. The van der Waals surface area contributed by atoms with Gasteiger partial charge in [0.15, 0.2) is 0 Å². The van der Waals surface area contributed by atoms with Crippen molar-refractivity contribution in [2.24, 2.45) is 5.92 Å². The molecule has 2 unspecified atom stereocenters. The van der Waals surface area contributed by atoms with Crippen molar-refractivity contribution in [1.29, 1.82) is 0 Å². The average molecular weight is 294 g/mol. The Balaban J connectivity index is 1.86. The lowest BCUT2D eigenvalue weighted by Crippen LogP contribution is -2.48. The molecule has 1 aromatic carbocycles. The Morgan fingerprint density at radius 3 is 3.05 bits per heavy atom. The van der Waals surface area contributed by atoms with E-state index in [-0.39, 0.29) is 18.3 Å². The quantitative estimate of drug-likeness (QED) is 0.642. The molecule has 1 N–H and O–H groups in total. The molecule has 0 spiro atoms. The van der Waals surface area contributed by atoms with Crippen LogP contribution in [-0.2, 0) is 0 Å². The highest BCUT2D eigenvalue weighted by atomic mass is 16.6. The SMILES string of the molecule is CC1CCCN(CCOc2cccc([N+](=O)[O-])c2)C1CO. The fraction of sp³-hybridized carbons (Fsp3) is 0.600. The second kappa shape index (κ2) is 7.38. The van der Waals surface area contributed by atoms with Gasteiger partial charge in [-0.1, -0.05) is 13.0 Å². The standard InChI is InChI=1S/C15H22N2O4/c1-12-4-3-7-16(15(12)11-18)8-9-21-14-6-2-5-13(10-14)17(19)20/h2,5-6,10,12,15,18H,3-4,7-9,11H2,1H3. The van der Waals surface area contributed by atoms with Gasteiger partial charge in [0.2, 0.25) is 0 Å². The van der Waals surface area contributed by atoms with E-state index in [1.807, 2.05) is 0 Å². The maximum Gasteiger partial charge on any atom is 0.273 e. The Morgan fingerprint density at radius 2 is 2.33 bits per heavy atom. The van der Waals surface area contributed by atoms with Crippen LogP contribution in [0, 0.1) is 16.0 Å². The first-order valence-corrected chi connectivity index (χ1v) is 7.34. The van der Waals surface area contributed by atoms with E-state index in [4.69, 9.17) is 4.74 Å². The molecule has 1 saturated heterocycles. The molecule has 2 atom stereocenters. The van der Waals surface area contributed by atoms with Crippen molar-refractivity contribution >= 4 is 5.69 Å². The van der Waals surface area contributed by atoms with Crippen LogP contribution in [-0.4, -0.2) is 47.3 Å². The van der Waals surface area contributed by atoms with E-state index in [2.05, 4.69) is 11.8 Å². The third kappa shape index (κ3) is 4.15. The molecule has 0 amide bonds. The van der Waals surface area contributed by atoms with Gasteiger partial charge in [-0.05, 0) is 31.4 Å². The van der Waals surface area contributed by atoms with Gasteiger partial charge in [-0.25, -0.2) is 0 Å². The summed E-state index contributed by atoms with van der Waals surface area (Å²) >= 11 is 0. The van der Waals surface area contributed by atoms with Crippen molar-refractivity contribution in [3.05, 3.63) is 34.4 Å². The van der Waals surface area contributed by atoms with Crippen molar-refractivity contribution in [3.8, 4) is 5.75 Å². The second-order valence-corrected chi connectivity index (χ2v) is 5.51. The first-order chi connectivity index (χ1) is 10.1. The van der Waals surface area contributed by atoms with Gasteiger partial charge in [-0.3, -0.25) is 15.0 Å². The molecule has 2 rings (SSSR count). The van der Waals surface area contributed by atoms with Crippen LogP contribution in [0.4, 0.5) is 5.69 Å². The topological polar surface area (TPSA) is 75.8 Å². The van der Waals surface area contributed by atoms with Crippen molar-refractivity contribution < 1.29 is 14.8 Å². The molecule has 1 heterocycles. The molecule has 0 aromatic heterocycles. The average Bonchev–Trinajstić information content (AvgIpc) is 2.48. The lowest BCUT2D eigenvalue weighted by Gasteiger charge is -2.38. The number of piperidine rings is 1. The summed E-state index contributed by atoms with van der Waals surface area (Å²) < 4.78 is 5.60. The van der Waals surface area contributed by atoms with E-state index < -0.39 is 4.92 Å². The van der Waals surface area contributed by atoms with Gasteiger partial charge >= 0.3 is 0 Å². The van der Waals surface area contributed by atoms with Gasteiger partial charge in [0, 0.05) is 18.7 Å². The van der Waals surface area contributed by atoms with E-state index in [1.54, 1.807) is 12.1 Å². The summed E-state index contributed by atoms with van der Waals surface area (Å²) in [5.41, 5.74) is 0.0346. The lowest BCUT2D eigenvalue weighted by molar-refractivity contribution is -0.384. The summed E-state index contributed by atoms with van der Waals surface area (Å²) in [6, 6.07) is 6.40. The molecule has 0 radical (unpaired) electrons. The van der Waals surface area contributed by atoms with Crippen molar-refractivity contribution in [2.75, 3.05) is 26.3 Å². The Morgan fingerprint density at radius 1 is 1.52 bits per heavy atom. The molecule has 21 heavy (non-hydrogen) atoms. The fourth-order valence-corrected chi connectivity index (χ4v) is 2.88. The maximum atomic E-state index is 10.7. The van der Waals surface area contributed by atoms with Crippen LogP contribution in [0.25, 0.3) is 0 Å². The van der Waals surface area contributed by atoms with Gasteiger partial charge < -0.3 is 9.84 Å². The number of likely N-dealkylation sites (tertiary alicyclic amines) is 1. The number of aliphatic hydroxyl groups excluding tert-OH is 1. The van der Waals surface area contributed by atoms with Crippen molar-refractivity contribution in [2.45, 2.75) is 25.8 Å². The highest BCUT2D eigenvalue weighted by molar-refractivity contribution is 5.37. The van der Waals surface area contributed by atoms with E-state index in [9.17, 15) is 15.2 Å². The Bertz CT molecular complexity index is 480. The number of rotatable bonds is 6. The number of ether oxygens (including phenoxy) is 1. The zero-order valence-electron chi connectivity index (χ0n) is 12.3. The third-order valence-electron chi connectivity index (χ3n) is 4.09. The van der Waals surface area contributed by atoms with Gasteiger partial charge in [0.1, 0.15) is 12.4 Å². The molecule has 6 heteroatoms. The zero-order valence-corrected chi connectivity index (χ0v) is 12.3. The first kappa shape index (κ1) is 15.7. The highest BCUT2D eigenvalue weighted by Gasteiger charge is 2.27. The van der Waals surface area contributed by atoms with E-state index >= 15 is 0 Å². The van der Waals surface area contributed by atoms with Crippen LogP contribution in [0.5, 0.6) is 5.75 Å². The van der Waals surface area contributed by atoms with Gasteiger partial charge in [-0.2, -0.15) is 0 Å². The molecular weight excluding hydrogens is 272 g/mol. The number of nitro groups is 1. The summed E-state index contributed by atoms with van der Waals surface area (Å²) in [4.78, 5) is 12.5. The third-order valence-corrected chi connectivity index (χ3v) is 4.09. The fourth-order valence-electron chi connectivity index (χ4n) is 2.88. The Hall–Kier alpha value is -1.66. The highest BCUT2D eigenvalue weighted by Crippen LogP contribution is 2.23. The summed E-state index contributed by atoms with van der Waals surface area (Å²) in [5.74, 6) is 0.997. The molecule has 116 valence electrons. The van der Waals surface area contributed by atoms with Gasteiger partial charge in [0.25, 0.3) is 5.69 Å². The largest absolute Gasteiger partial charge is 0.492 e. The summed E-state index contributed by atoms with van der Waals surface area (Å²) in [6.07, 6.45) is 2.28. The van der Waals surface area contributed by atoms with Crippen molar-refractivity contribution in [1.82, 2.24) is 4.90 Å². The second-order valence-electron chi connectivity index (χ2n) is 5.51. The van der Waals surface area contributed by atoms with Crippen LogP contribution in [0.15, 0.2) is 24.3 Å². The van der Waals surface area contributed by atoms with Crippen LogP contribution in [0.1, 0.15) is 19.8 Å². The molecular formula is C15H22N2O4. The van der Waals surface area contributed by atoms with Crippen LogP contribution < -0.4 is 4.74 Å². The molecule has 0 saturated carbocycles. The summed E-state index contributed by atoms with van der Waals surface area (Å²) in [5, 5.41) is 20.2. The normalized spacial score (nSPS) is 23.0. The number of aliphatic hydroxyl groups is 1. The van der Waals surface area contributed by atoms with E-state index in [1.165, 1.54) is 12.1 Å². The van der Waals surface area contributed by atoms with E-state index in [0.29, 0.717) is 18.3 Å². The molecule has 0 bridgehead atoms. The van der Waals surface area contributed by atoms with Gasteiger partial charge in [-0.15, -0.1) is 0 Å². The van der Waals surface area contributed by atoms with Crippen LogP contribution in [0.3, 0.4) is 0 Å². The molecule has 6 nitrogen and oxygen atoms in total. The van der Waals surface area contributed by atoms with Crippen molar-refractivity contribution in [3.63, 3.8) is 0 Å². The molecule has 0 aliphatic carbocycles. The Kier molecular flexibility index (Phi) is 5.52. The number of hydrogen-bond acceptors (Lipinski definition) is 5. The lowest BCUT2D eigenvalue weighted by atomic mass is 9.91. The summed E-state index contributed by atoms with van der Waals surface area (Å²) in [6.45, 7) is 4.48. The van der Waals surface area contributed by atoms with E-state index in [0.717, 1.165) is 25.9 Å². The Labute approximate surface area is 124 Å². The number of nitro benzene ring substituents is 1. The minimum Gasteiger partial charge on any atom is -0.492 e. The summed E-state index contributed by atoms with van der Waals surface area (Å²) in [7, 11) is 0. The first-order valence-electron chi connectivity index (χ1n) is 7.34. The minimum absolute atomic E-state index is 0.0346. The molecule has 1 aliphatic rings. The number of nitrogens with zero attached hydrogens (tertiary/aromatic N) is 2. The predicted octanol–water partition coefficient (Wildman–Crippen LogP) is 2.07. The molecule has 1 aromatic rings. The molecule has 1 aliphatic heterocycles. The smallest absolute Gasteiger partial charge is 0.273 e. The number of benzene rings is 1.